The Balaban J connectivity index is 1.93. The zero-order chi connectivity index (χ0) is 17.1. The monoisotopic (exact) mass is 358 g/mol. The molecule has 2 aromatic rings. The molecule has 0 aliphatic carbocycles. The Hall–Kier alpha value is -2.38. The van der Waals surface area contributed by atoms with Gasteiger partial charge in [-0.15, -0.1) is 11.3 Å². The second-order valence-corrected chi connectivity index (χ2v) is 6.76. The van der Waals surface area contributed by atoms with E-state index in [0.717, 1.165) is 5.56 Å². The number of hydrogen-bond donors (Lipinski definition) is 2. The molecule has 2 N–H and O–H groups in total. The largest absolute Gasteiger partial charge is 0.302 e. The van der Waals surface area contributed by atoms with E-state index >= 15 is 0 Å². The van der Waals surface area contributed by atoms with Gasteiger partial charge in [0.1, 0.15) is 5.92 Å². The molecular formula is C17H14N2O3S2. The third-order valence-corrected chi connectivity index (χ3v) is 4.98. The highest BCUT2D eigenvalue weighted by molar-refractivity contribution is 7.80. The van der Waals surface area contributed by atoms with E-state index in [2.05, 4.69) is 10.6 Å². The van der Waals surface area contributed by atoms with Crippen LogP contribution in [0.25, 0.3) is 0 Å². The summed E-state index contributed by atoms with van der Waals surface area (Å²) in [5.74, 6) is -2.59. The van der Waals surface area contributed by atoms with Crippen LogP contribution in [-0.4, -0.2) is 22.7 Å². The molecule has 1 atom stereocenters. The molecule has 0 saturated carbocycles. The number of ketones is 1. The summed E-state index contributed by atoms with van der Waals surface area (Å²) in [6.45, 7) is 0. The number of amides is 2. The van der Waals surface area contributed by atoms with Crippen LogP contribution < -0.4 is 10.6 Å². The molecule has 0 bridgehead atoms. The van der Waals surface area contributed by atoms with Crippen LogP contribution in [0, 0.1) is 5.92 Å². The molecule has 1 saturated heterocycles. The topological polar surface area (TPSA) is 75.3 Å². The minimum Gasteiger partial charge on any atom is -0.302 e. The number of thiophene rings is 1. The smallest absolute Gasteiger partial charge is 0.239 e. The summed E-state index contributed by atoms with van der Waals surface area (Å²) in [5.41, 5.74) is 0.769. The third-order valence-electron chi connectivity index (χ3n) is 3.87. The van der Waals surface area contributed by atoms with E-state index in [4.69, 9.17) is 12.2 Å². The zero-order valence-corrected chi connectivity index (χ0v) is 14.2. The summed E-state index contributed by atoms with van der Waals surface area (Å²) in [6, 6.07) is 12.7. The first kappa shape index (κ1) is 16.5. The van der Waals surface area contributed by atoms with Gasteiger partial charge in [-0.1, -0.05) is 36.4 Å². The van der Waals surface area contributed by atoms with Crippen LogP contribution >= 0.6 is 23.6 Å². The average molecular weight is 358 g/mol. The van der Waals surface area contributed by atoms with Gasteiger partial charge in [-0.2, -0.15) is 0 Å². The fourth-order valence-electron chi connectivity index (χ4n) is 2.76. The summed E-state index contributed by atoms with van der Waals surface area (Å²) >= 11 is 6.19. The fourth-order valence-corrected chi connectivity index (χ4v) is 3.64. The number of rotatable bonds is 5. The Morgan fingerprint density at radius 3 is 2.33 bits per heavy atom. The maximum atomic E-state index is 12.5. The van der Waals surface area contributed by atoms with Crippen molar-refractivity contribution in [2.75, 3.05) is 0 Å². The van der Waals surface area contributed by atoms with Gasteiger partial charge in [0.25, 0.3) is 0 Å². The predicted octanol–water partition coefficient (Wildman–Crippen LogP) is 2.25. The second-order valence-electron chi connectivity index (χ2n) is 5.41. The maximum Gasteiger partial charge on any atom is 0.239 e. The average Bonchev–Trinajstić information content (AvgIpc) is 3.08. The van der Waals surface area contributed by atoms with Crippen molar-refractivity contribution in [3.63, 3.8) is 0 Å². The lowest BCUT2D eigenvalue weighted by Crippen LogP contribution is -2.57. The van der Waals surface area contributed by atoms with E-state index in [1.165, 1.54) is 11.3 Å². The van der Waals surface area contributed by atoms with Crippen LogP contribution in [0.2, 0.25) is 0 Å². The van der Waals surface area contributed by atoms with Crippen LogP contribution in [-0.2, 0) is 9.59 Å². The summed E-state index contributed by atoms with van der Waals surface area (Å²) in [5, 5.41) is 6.76. The lowest BCUT2D eigenvalue weighted by molar-refractivity contribution is -0.136. The first-order valence-corrected chi connectivity index (χ1v) is 8.62. The van der Waals surface area contributed by atoms with E-state index in [9.17, 15) is 14.4 Å². The minimum absolute atomic E-state index is 0.00218. The second kappa shape index (κ2) is 7.02. The number of Topliss-reactive ketones (excluding diaryl/α,β-unsaturated/α-hetero) is 1. The minimum atomic E-state index is -0.997. The fraction of sp³-hybridized carbons (Fsp3) is 0.176. The highest BCUT2D eigenvalue weighted by Gasteiger charge is 2.40. The highest BCUT2D eigenvalue weighted by Crippen LogP contribution is 2.32. The molecule has 5 nitrogen and oxygen atoms in total. The van der Waals surface area contributed by atoms with Gasteiger partial charge in [-0.25, -0.2) is 0 Å². The molecule has 2 amide bonds. The molecule has 7 heteroatoms. The van der Waals surface area contributed by atoms with Gasteiger partial charge in [0.15, 0.2) is 10.9 Å². The normalized spacial score (nSPS) is 16.4. The third kappa shape index (κ3) is 3.42. The van der Waals surface area contributed by atoms with Gasteiger partial charge in [0.2, 0.25) is 11.8 Å². The van der Waals surface area contributed by atoms with Crippen LogP contribution in [0.15, 0.2) is 47.8 Å². The number of hydrogen-bond acceptors (Lipinski definition) is 5. The Morgan fingerprint density at radius 2 is 1.75 bits per heavy atom. The molecule has 24 heavy (non-hydrogen) atoms. The van der Waals surface area contributed by atoms with Crippen molar-refractivity contribution >= 4 is 46.3 Å². The zero-order valence-electron chi connectivity index (χ0n) is 12.5. The van der Waals surface area contributed by atoms with Crippen LogP contribution in [0.3, 0.4) is 0 Å². The summed E-state index contributed by atoms with van der Waals surface area (Å²) < 4.78 is 0. The molecule has 0 unspecified atom stereocenters. The Labute approximate surface area is 148 Å². The Morgan fingerprint density at radius 1 is 1.08 bits per heavy atom. The molecular weight excluding hydrogens is 344 g/mol. The molecule has 1 aromatic heterocycles. The molecule has 2 heterocycles. The maximum absolute atomic E-state index is 12.5. The van der Waals surface area contributed by atoms with Crippen LogP contribution in [0.5, 0.6) is 0 Å². The lowest BCUT2D eigenvalue weighted by Gasteiger charge is -2.29. The van der Waals surface area contributed by atoms with E-state index in [1.807, 2.05) is 35.7 Å². The molecule has 1 aliphatic heterocycles. The Kier molecular flexibility index (Phi) is 4.82. The van der Waals surface area contributed by atoms with Crippen LogP contribution in [0.1, 0.15) is 27.6 Å². The van der Waals surface area contributed by atoms with E-state index in [1.54, 1.807) is 12.1 Å². The van der Waals surface area contributed by atoms with E-state index < -0.39 is 23.7 Å². The van der Waals surface area contributed by atoms with Gasteiger partial charge in [-0.05, 0) is 29.2 Å². The molecule has 122 valence electrons. The summed E-state index contributed by atoms with van der Waals surface area (Å²) in [4.78, 5) is 37.8. The number of carbonyl (C=O) groups excluding carboxylic acids is 3. The lowest BCUT2D eigenvalue weighted by atomic mass is 9.80. The number of carbonyl (C=O) groups is 3. The molecule has 1 fully saturated rings. The van der Waals surface area contributed by atoms with Crippen molar-refractivity contribution in [3.05, 3.63) is 58.3 Å². The van der Waals surface area contributed by atoms with Crippen molar-refractivity contribution in [1.29, 1.82) is 0 Å². The number of thiocarbonyl (C=S) groups is 1. The van der Waals surface area contributed by atoms with Gasteiger partial charge in [-0.3, -0.25) is 14.4 Å². The highest BCUT2D eigenvalue weighted by atomic mass is 32.1. The number of benzene rings is 1. The first-order valence-electron chi connectivity index (χ1n) is 7.33. The predicted molar refractivity (Wildman–Crippen MR) is 94.8 cm³/mol. The standard InChI is InChI=1S/C17H14N2O3S2/c20-12(13-7-4-8-24-13)9-11(10-5-2-1-3-6-10)14-15(21)18-17(23)19-16(14)22/h1-8,11,14H,9H2,(H2,18,19,21,22,23)/t11-/m1/s1. The molecule has 3 rings (SSSR count). The number of nitrogens with one attached hydrogen (secondary N) is 2. The summed E-state index contributed by atoms with van der Waals surface area (Å²) in [6.07, 6.45) is 0.0722. The van der Waals surface area contributed by atoms with Gasteiger partial charge < -0.3 is 10.6 Å². The molecule has 1 aromatic carbocycles. The van der Waals surface area contributed by atoms with Crippen molar-refractivity contribution in [3.8, 4) is 0 Å². The van der Waals surface area contributed by atoms with Crippen LogP contribution in [0.4, 0.5) is 0 Å². The van der Waals surface area contributed by atoms with E-state index in [-0.39, 0.29) is 17.3 Å². The van der Waals surface area contributed by atoms with Crippen molar-refractivity contribution in [2.24, 2.45) is 5.92 Å². The van der Waals surface area contributed by atoms with Crippen molar-refractivity contribution < 1.29 is 14.4 Å². The van der Waals surface area contributed by atoms with Gasteiger partial charge in [0.05, 0.1) is 4.88 Å². The first-order chi connectivity index (χ1) is 11.6. The SMILES string of the molecule is O=C(C[C@H](c1ccccc1)C1C(=O)NC(=S)NC1=O)c1cccs1. The molecule has 1 aliphatic rings. The van der Waals surface area contributed by atoms with Gasteiger partial charge in [0, 0.05) is 12.3 Å². The Bertz CT molecular complexity index is 767. The molecule has 0 spiro atoms. The van der Waals surface area contributed by atoms with Crippen molar-refractivity contribution in [2.45, 2.75) is 12.3 Å². The van der Waals surface area contributed by atoms with Gasteiger partial charge >= 0.3 is 0 Å². The molecule has 0 radical (unpaired) electrons. The summed E-state index contributed by atoms with van der Waals surface area (Å²) in [7, 11) is 0. The van der Waals surface area contributed by atoms with Crippen molar-refractivity contribution in [1.82, 2.24) is 10.6 Å². The van der Waals surface area contributed by atoms with E-state index in [0.29, 0.717) is 4.88 Å². The quantitative estimate of drug-likeness (QED) is 0.488.